The molecule has 4 rings (SSSR count). The summed E-state index contributed by atoms with van der Waals surface area (Å²) >= 11 is 1.34. The average Bonchev–Trinajstić information content (AvgIpc) is 3.22. The number of carbonyl (C=O) groups is 1. The summed E-state index contributed by atoms with van der Waals surface area (Å²) in [6.45, 7) is 3.53. The van der Waals surface area contributed by atoms with Crippen LogP contribution < -0.4 is 10.6 Å². The lowest BCUT2D eigenvalue weighted by molar-refractivity contribution is 0.102. The Bertz CT molecular complexity index is 918. The van der Waals surface area contributed by atoms with Crippen molar-refractivity contribution in [1.29, 1.82) is 0 Å². The van der Waals surface area contributed by atoms with Crippen LogP contribution in [0.25, 0.3) is 10.4 Å². The standard InChI is InChI=1S/C17H16FN5OS/c1-10-9-23-13(7-19-10)6-14(22-23)16(24)21-17-20-8-15(25-17)11-2-4-12(18)5-3-11/h2-6,8,10,19H,7,9H2,1H3,(H,20,21,24). The van der Waals surface area contributed by atoms with Crippen LogP contribution in [0, 0.1) is 5.82 Å². The fraction of sp³-hybridized carbons (Fsp3) is 0.235. The van der Waals surface area contributed by atoms with Gasteiger partial charge in [0.1, 0.15) is 5.82 Å². The lowest BCUT2D eigenvalue weighted by Gasteiger charge is -2.21. The van der Waals surface area contributed by atoms with Gasteiger partial charge in [-0.25, -0.2) is 9.37 Å². The zero-order valence-corrected chi connectivity index (χ0v) is 14.3. The van der Waals surface area contributed by atoms with Gasteiger partial charge in [0.15, 0.2) is 10.8 Å². The number of rotatable bonds is 3. The molecule has 2 N–H and O–H groups in total. The summed E-state index contributed by atoms with van der Waals surface area (Å²) in [6.07, 6.45) is 1.66. The minimum absolute atomic E-state index is 0.283. The highest BCUT2D eigenvalue weighted by molar-refractivity contribution is 7.19. The van der Waals surface area contributed by atoms with Crippen LogP contribution in [0.1, 0.15) is 23.1 Å². The molecule has 3 heterocycles. The van der Waals surface area contributed by atoms with Crippen LogP contribution in [0.2, 0.25) is 0 Å². The Balaban J connectivity index is 1.49. The number of halogens is 1. The third kappa shape index (κ3) is 3.31. The molecule has 1 aliphatic heterocycles. The zero-order chi connectivity index (χ0) is 17.4. The van der Waals surface area contributed by atoms with Crippen LogP contribution in [0.3, 0.4) is 0 Å². The van der Waals surface area contributed by atoms with E-state index in [2.05, 4.69) is 27.6 Å². The first-order valence-corrected chi connectivity index (χ1v) is 8.73. The molecule has 6 nitrogen and oxygen atoms in total. The average molecular weight is 357 g/mol. The molecule has 0 fully saturated rings. The van der Waals surface area contributed by atoms with Gasteiger partial charge in [-0.3, -0.25) is 14.8 Å². The molecule has 25 heavy (non-hydrogen) atoms. The number of thiazole rings is 1. The van der Waals surface area contributed by atoms with Gasteiger partial charge in [-0.1, -0.05) is 23.5 Å². The Kier molecular flexibility index (Phi) is 4.06. The van der Waals surface area contributed by atoms with Crippen molar-refractivity contribution in [1.82, 2.24) is 20.1 Å². The number of carbonyl (C=O) groups excluding carboxylic acids is 1. The first kappa shape index (κ1) is 15.9. The summed E-state index contributed by atoms with van der Waals surface area (Å²) < 4.78 is 14.9. The maximum atomic E-state index is 13.0. The Morgan fingerprint density at radius 3 is 3.00 bits per heavy atom. The van der Waals surface area contributed by atoms with E-state index < -0.39 is 0 Å². The van der Waals surface area contributed by atoms with Crippen molar-refractivity contribution in [2.75, 3.05) is 5.32 Å². The van der Waals surface area contributed by atoms with Gasteiger partial charge in [-0.15, -0.1) is 0 Å². The normalized spacial score (nSPS) is 16.5. The molecule has 0 aliphatic carbocycles. The van der Waals surface area contributed by atoms with E-state index in [1.807, 2.05) is 4.68 Å². The van der Waals surface area contributed by atoms with E-state index in [1.54, 1.807) is 24.4 Å². The van der Waals surface area contributed by atoms with Crippen LogP contribution >= 0.6 is 11.3 Å². The number of hydrogen-bond acceptors (Lipinski definition) is 5. The molecule has 8 heteroatoms. The Hall–Kier alpha value is -2.58. The maximum Gasteiger partial charge on any atom is 0.277 e. The SMILES string of the molecule is CC1Cn2nc(C(=O)Nc3ncc(-c4ccc(F)cc4)s3)cc2CN1. The smallest absolute Gasteiger partial charge is 0.277 e. The van der Waals surface area contributed by atoms with Crippen molar-refractivity contribution in [2.24, 2.45) is 0 Å². The summed E-state index contributed by atoms with van der Waals surface area (Å²) in [5.41, 5.74) is 2.23. The van der Waals surface area contributed by atoms with Gasteiger partial charge in [0.05, 0.1) is 17.1 Å². The highest BCUT2D eigenvalue weighted by Crippen LogP contribution is 2.29. The van der Waals surface area contributed by atoms with Crippen molar-refractivity contribution in [3.05, 3.63) is 53.7 Å². The van der Waals surface area contributed by atoms with Gasteiger partial charge in [0, 0.05) is 18.8 Å². The maximum absolute atomic E-state index is 13.0. The second-order valence-electron chi connectivity index (χ2n) is 5.98. The summed E-state index contributed by atoms with van der Waals surface area (Å²) in [4.78, 5) is 17.5. The predicted molar refractivity (Wildman–Crippen MR) is 94.0 cm³/mol. The fourth-order valence-corrected chi connectivity index (χ4v) is 3.53. The molecule has 3 aromatic rings. The van der Waals surface area contributed by atoms with Crippen molar-refractivity contribution >= 4 is 22.4 Å². The second-order valence-corrected chi connectivity index (χ2v) is 7.01. The van der Waals surface area contributed by atoms with Gasteiger partial charge in [0.2, 0.25) is 0 Å². The molecule has 128 valence electrons. The van der Waals surface area contributed by atoms with E-state index in [0.29, 0.717) is 23.4 Å². The topological polar surface area (TPSA) is 71.8 Å². The first-order chi connectivity index (χ1) is 12.1. The number of benzene rings is 1. The number of nitrogens with one attached hydrogen (secondary N) is 2. The van der Waals surface area contributed by atoms with Crippen LogP contribution in [-0.2, 0) is 13.1 Å². The third-order valence-electron chi connectivity index (χ3n) is 4.03. The van der Waals surface area contributed by atoms with Gasteiger partial charge in [-0.05, 0) is 30.7 Å². The predicted octanol–water partition coefficient (Wildman–Crippen LogP) is 2.89. The van der Waals surface area contributed by atoms with Crippen molar-refractivity contribution in [3.8, 4) is 10.4 Å². The monoisotopic (exact) mass is 357 g/mol. The number of fused-ring (bicyclic) bond motifs is 1. The molecule has 0 spiro atoms. The number of hydrogen-bond donors (Lipinski definition) is 2. The molecule has 1 aromatic carbocycles. The number of nitrogens with zero attached hydrogens (tertiary/aromatic N) is 3. The largest absolute Gasteiger partial charge is 0.307 e. The van der Waals surface area contributed by atoms with Gasteiger partial charge in [-0.2, -0.15) is 5.10 Å². The molecule has 1 atom stereocenters. The first-order valence-electron chi connectivity index (χ1n) is 7.92. The van der Waals surface area contributed by atoms with Crippen LogP contribution in [0.4, 0.5) is 9.52 Å². The van der Waals surface area contributed by atoms with Crippen molar-refractivity contribution in [2.45, 2.75) is 26.1 Å². The minimum atomic E-state index is -0.283. The van der Waals surface area contributed by atoms with E-state index in [-0.39, 0.29) is 11.7 Å². The zero-order valence-electron chi connectivity index (χ0n) is 13.5. The molecular weight excluding hydrogens is 341 g/mol. The van der Waals surface area contributed by atoms with E-state index in [0.717, 1.165) is 22.7 Å². The lowest BCUT2D eigenvalue weighted by atomic mass is 10.2. The number of amides is 1. The fourth-order valence-electron chi connectivity index (χ4n) is 2.71. The molecule has 1 amide bonds. The van der Waals surface area contributed by atoms with Gasteiger partial charge in [0.25, 0.3) is 5.91 Å². The summed E-state index contributed by atoms with van der Waals surface area (Å²) in [5, 5.41) is 11.0. The molecule has 0 saturated carbocycles. The van der Waals surface area contributed by atoms with Crippen molar-refractivity contribution < 1.29 is 9.18 Å². The molecule has 0 bridgehead atoms. The Morgan fingerprint density at radius 1 is 1.40 bits per heavy atom. The minimum Gasteiger partial charge on any atom is -0.307 e. The highest BCUT2D eigenvalue weighted by atomic mass is 32.1. The van der Waals surface area contributed by atoms with E-state index in [1.165, 1.54) is 23.5 Å². The van der Waals surface area contributed by atoms with Gasteiger partial charge >= 0.3 is 0 Å². The molecule has 0 radical (unpaired) electrons. The van der Waals surface area contributed by atoms with Crippen LogP contribution in [0.15, 0.2) is 36.5 Å². The van der Waals surface area contributed by atoms with E-state index >= 15 is 0 Å². The number of anilines is 1. The molecular formula is C17H16FN5OS. The van der Waals surface area contributed by atoms with Crippen LogP contribution in [-0.4, -0.2) is 26.7 Å². The number of aromatic nitrogens is 3. The summed E-state index contributed by atoms with van der Waals surface area (Å²) in [6, 6.07) is 8.30. The van der Waals surface area contributed by atoms with Crippen LogP contribution in [0.5, 0.6) is 0 Å². The van der Waals surface area contributed by atoms with E-state index in [9.17, 15) is 9.18 Å². The summed E-state index contributed by atoms with van der Waals surface area (Å²) in [5.74, 6) is -0.566. The third-order valence-corrected chi connectivity index (χ3v) is 4.99. The summed E-state index contributed by atoms with van der Waals surface area (Å²) in [7, 11) is 0. The second kappa shape index (κ2) is 6.38. The molecule has 0 saturated heterocycles. The van der Waals surface area contributed by atoms with E-state index in [4.69, 9.17) is 0 Å². The Morgan fingerprint density at radius 2 is 2.20 bits per heavy atom. The highest BCUT2D eigenvalue weighted by Gasteiger charge is 2.20. The van der Waals surface area contributed by atoms with Crippen molar-refractivity contribution in [3.63, 3.8) is 0 Å². The molecule has 1 unspecified atom stereocenters. The molecule has 2 aromatic heterocycles. The Labute approximate surface area is 147 Å². The molecule has 1 aliphatic rings. The van der Waals surface area contributed by atoms with Gasteiger partial charge < -0.3 is 5.32 Å². The quantitative estimate of drug-likeness (QED) is 0.756. The lowest BCUT2D eigenvalue weighted by Crippen LogP contribution is -2.36.